The van der Waals surface area contributed by atoms with Crippen molar-refractivity contribution in [3.63, 3.8) is 0 Å². The number of hydrogen-bond donors (Lipinski definition) is 3. The summed E-state index contributed by atoms with van der Waals surface area (Å²) in [6, 6.07) is 10.8. The van der Waals surface area contributed by atoms with Crippen LogP contribution in [0.4, 0.5) is 21.7 Å². The molecule has 2 aromatic heterocycles. The van der Waals surface area contributed by atoms with Gasteiger partial charge in [-0.05, 0) is 49.4 Å². The number of hydrogen-bond acceptors (Lipinski definition) is 9. The van der Waals surface area contributed by atoms with Gasteiger partial charge in [0, 0.05) is 32.6 Å². The van der Waals surface area contributed by atoms with E-state index < -0.39 is 29.8 Å². The number of primary amides is 1. The van der Waals surface area contributed by atoms with E-state index in [-0.39, 0.29) is 46.7 Å². The zero-order chi connectivity index (χ0) is 31.2. The van der Waals surface area contributed by atoms with Crippen LogP contribution in [0.2, 0.25) is 25.7 Å². The molecule has 4 aromatic rings. The highest BCUT2D eigenvalue weighted by Crippen LogP contribution is 2.37. The van der Waals surface area contributed by atoms with Gasteiger partial charge in [-0.3, -0.25) is 14.5 Å². The third-order valence-corrected chi connectivity index (χ3v) is 9.16. The first-order valence-corrected chi connectivity index (χ1v) is 18.8. The van der Waals surface area contributed by atoms with Gasteiger partial charge in [0.05, 0.1) is 17.6 Å². The number of nitrogens with zero attached hydrogens (tertiary/aromatic N) is 4. The van der Waals surface area contributed by atoms with Crippen molar-refractivity contribution in [2.75, 3.05) is 22.4 Å². The van der Waals surface area contributed by atoms with E-state index in [4.69, 9.17) is 15.2 Å². The van der Waals surface area contributed by atoms with Gasteiger partial charge in [0.15, 0.2) is 5.75 Å². The first-order chi connectivity index (χ1) is 20.3. The molecule has 0 bridgehead atoms. The SMILES string of the molecule is CCS(=O)(=O)Nc1ccc(-c2nn(COCC[Si](C)(C)C)c(Nc3cnccn3)c2C(N)=O)cc1Oc1ccc(F)cc1. The second-order valence-electron chi connectivity index (χ2n) is 10.8. The van der Waals surface area contributed by atoms with Crippen molar-refractivity contribution in [2.45, 2.75) is 39.3 Å². The fourth-order valence-electron chi connectivity index (χ4n) is 3.84. The summed E-state index contributed by atoms with van der Waals surface area (Å²) in [5, 5.41) is 7.74. The monoisotopic (exact) mass is 627 g/mol. The maximum absolute atomic E-state index is 13.5. The third-order valence-electron chi connectivity index (χ3n) is 6.16. The molecule has 0 aliphatic rings. The average molecular weight is 628 g/mol. The largest absolute Gasteiger partial charge is 0.455 e. The Balaban J connectivity index is 1.81. The molecule has 0 unspecified atom stereocenters. The maximum atomic E-state index is 13.5. The predicted octanol–water partition coefficient (Wildman–Crippen LogP) is 5.19. The second kappa shape index (κ2) is 13.3. The Hall–Kier alpha value is -4.34. The van der Waals surface area contributed by atoms with Crippen molar-refractivity contribution in [3.8, 4) is 22.8 Å². The van der Waals surface area contributed by atoms with Crippen molar-refractivity contribution >= 4 is 41.3 Å². The van der Waals surface area contributed by atoms with E-state index in [1.165, 1.54) is 66.6 Å². The summed E-state index contributed by atoms with van der Waals surface area (Å²) in [5.74, 6) is -0.447. The van der Waals surface area contributed by atoms with Gasteiger partial charge >= 0.3 is 0 Å². The average Bonchev–Trinajstić information content (AvgIpc) is 3.31. The van der Waals surface area contributed by atoms with Gasteiger partial charge in [-0.1, -0.05) is 25.7 Å². The minimum absolute atomic E-state index is 0.0146. The third kappa shape index (κ3) is 8.59. The Labute approximate surface area is 250 Å². The second-order valence-corrected chi connectivity index (χ2v) is 18.4. The van der Waals surface area contributed by atoms with Crippen molar-refractivity contribution in [1.82, 2.24) is 19.7 Å². The highest BCUT2D eigenvalue weighted by Gasteiger charge is 2.26. The highest BCUT2D eigenvalue weighted by molar-refractivity contribution is 7.92. The van der Waals surface area contributed by atoms with Crippen LogP contribution in [0.25, 0.3) is 11.3 Å². The van der Waals surface area contributed by atoms with Gasteiger partial charge < -0.3 is 20.5 Å². The number of benzene rings is 2. The molecule has 0 aliphatic heterocycles. The Morgan fingerprint density at radius 1 is 1.12 bits per heavy atom. The number of ether oxygens (including phenoxy) is 2. The summed E-state index contributed by atoms with van der Waals surface area (Å²) >= 11 is 0. The van der Waals surface area contributed by atoms with Crippen LogP contribution in [-0.2, 0) is 21.5 Å². The molecule has 0 radical (unpaired) electrons. The number of halogens is 1. The molecule has 0 saturated carbocycles. The number of nitrogens with two attached hydrogens (primary N) is 1. The number of rotatable bonds is 14. The van der Waals surface area contributed by atoms with Gasteiger partial charge in [0.25, 0.3) is 5.91 Å². The molecule has 4 N–H and O–H groups in total. The molecule has 0 aliphatic carbocycles. The van der Waals surface area contributed by atoms with E-state index in [2.05, 4.69) is 44.7 Å². The van der Waals surface area contributed by atoms with Crippen LogP contribution in [0.3, 0.4) is 0 Å². The number of carbonyl (C=O) groups is 1. The summed E-state index contributed by atoms with van der Waals surface area (Å²) in [4.78, 5) is 21.2. The minimum Gasteiger partial charge on any atom is -0.455 e. The topological polar surface area (TPSA) is 163 Å². The van der Waals surface area contributed by atoms with Crippen molar-refractivity contribution in [2.24, 2.45) is 5.73 Å². The van der Waals surface area contributed by atoms with Crippen LogP contribution in [0.1, 0.15) is 17.3 Å². The lowest BCUT2D eigenvalue weighted by Crippen LogP contribution is -2.22. The lowest BCUT2D eigenvalue weighted by atomic mass is 10.1. The molecule has 4 rings (SSSR count). The Morgan fingerprint density at radius 2 is 1.86 bits per heavy atom. The smallest absolute Gasteiger partial charge is 0.254 e. The van der Waals surface area contributed by atoms with Gasteiger partial charge in [0.2, 0.25) is 10.0 Å². The molecule has 0 atom stereocenters. The van der Waals surface area contributed by atoms with E-state index in [1.54, 1.807) is 6.07 Å². The lowest BCUT2D eigenvalue weighted by Gasteiger charge is -2.16. The van der Waals surface area contributed by atoms with Crippen LogP contribution in [0.15, 0.2) is 61.1 Å². The maximum Gasteiger partial charge on any atom is 0.254 e. The fraction of sp³-hybridized carbons (Fsp3) is 0.286. The van der Waals surface area contributed by atoms with Crippen LogP contribution >= 0.6 is 0 Å². The summed E-state index contributed by atoms with van der Waals surface area (Å²) in [6.07, 6.45) is 4.49. The van der Waals surface area contributed by atoms with Crippen molar-refractivity contribution in [3.05, 3.63) is 72.4 Å². The quantitative estimate of drug-likeness (QED) is 0.126. The molecule has 0 saturated heterocycles. The molecule has 2 heterocycles. The molecule has 1 amide bonds. The Kier molecular flexibility index (Phi) is 9.78. The Bertz CT molecular complexity index is 1680. The summed E-state index contributed by atoms with van der Waals surface area (Å²) in [5.41, 5.74) is 6.66. The molecule has 43 heavy (non-hydrogen) atoms. The van der Waals surface area contributed by atoms with Crippen LogP contribution in [-0.4, -0.2) is 54.5 Å². The number of carbonyl (C=O) groups excluding carboxylic acids is 1. The molecular formula is C28H34FN7O5SSi. The molecular weight excluding hydrogens is 594 g/mol. The highest BCUT2D eigenvalue weighted by atomic mass is 32.2. The van der Waals surface area contributed by atoms with E-state index in [9.17, 15) is 17.6 Å². The molecule has 0 spiro atoms. The van der Waals surface area contributed by atoms with Gasteiger partial charge in [-0.2, -0.15) is 5.10 Å². The number of nitrogens with one attached hydrogen (secondary N) is 2. The summed E-state index contributed by atoms with van der Waals surface area (Å²) in [6.45, 7) is 8.74. The molecule has 2 aromatic carbocycles. The number of sulfonamides is 1. The molecule has 15 heteroatoms. The number of amides is 1. The van der Waals surface area contributed by atoms with E-state index in [1.807, 2.05) is 0 Å². The number of aromatic nitrogens is 4. The summed E-state index contributed by atoms with van der Waals surface area (Å²) in [7, 11) is -5.03. The summed E-state index contributed by atoms with van der Waals surface area (Å²) < 4.78 is 54.2. The zero-order valence-corrected chi connectivity index (χ0v) is 26.1. The minimum atomic E-state index is -3.67. The fourth-order valence-corrected chi connectivity index (χ4v) is 5.24. The van der Waals surface area contributed by atoms with Gasteiger partial charge in [-0.25, -0.2) is 22.5 Å². The van der Waals surface area contributed by atoms with Crippen LogP contribution < -0.4 is 20.5 Å². The van der Waals surface area contributed by atoms with E-state index in [0.717, 1.165) is 6.04 Å². The van der Waals surface area contributed by atoms with Crippen LogP contribution in [0, 0.1) is 5.82 Å². The Morgan fingerprint density at radius 3 is 2.49 bits per heavy atom. The standard InChI is InChI=1S/C28H34FN7O5SSi/c1-5-42(38,39)35-22-11-6-19(16-23(22)41-21-9-7-20(29)8-10-21)26-25(27(30)37)28(33-24-17-31-12-13-32-24)36(34-26)18-40-14-15-43(2,3)4/h6-13,16-17,35H,5,14-15,18H2,1-4H3,(H2,30,37)(H,32,33). The normalized spacial score (nSPS) is 11.7. The van der Waals surface area contributed by atoms with E-state index >= 15 is 0 Å². The van der Waals surface area contributed by atoms with Gasteiger partial charge in [0.1, 0.15) is 41.2 Å². The molecule has 0 fully saturated rings. The van der Waals surface area contributed by atoms with Gasteiger partial charge in [-0.15, -0.1) is 0 Å². The number of anilines is 3. The van der Waals surface area contributed by atoms with Crippen molar-refractivity contribution < 1.29 is 27.1 Å². The first kappa shape index (κ1) is 31.6. The predicted molar refractivity (Wildman–Crippen MR) is 165 cm³/mol. The van der Waals surface area contributed by atoms with E-state index in [0.29, 0.717) is 18.0 Å². The van der Waals surface area contributed by atoms with Crippen LogP contribution in [0.5, 0.6) is 11.5 Å². The first-order valence-electron chi connectivity index (χ1n) is 13.4. The lowest BCUT2D eigenvalue weighted by molar-refractivity contribution is 0.0802. The zero-order valence-electron chi connectivity index (χ0n) is 24.3. The molecule has 12 nitrogen and oxygen atoms in total. The van der Waals surface area contributed by atoms with Crippen molar-refractivity contribution in [1.29, 1.82) is 0 Å². The molecule has 228 valence electrons.